The normalized spacial score (nSPS) is 16.8. The first-order valence-corrected chi connectivity index (χ1v) is 9.96. The van der Waals surface area contributed by atoms with Gasteiger partial charge in [-0.15, -0.1) is 0 Å². The second-order valence-corrected chi connectivity index (χ2v) is 8.14. The number of anilines is 1. The number of aromatic nitrogens is 1. The number of rotatable bonds is 8. The Labute approximate surface area is 145 Å². The fraction of sp³-hybridized carbons (Fsp3) is 0.688. The van der Waals surface area contributed by atoms with E-state index in [1.54, 1.807) is 13.2 Å². The summed E-state index contributed by atoms with van der Waals surface area (Å²) in [6, 6.07) is 3.79. The van der Waals surface area contributed by atoms with Crippen LogP contribution in [0.25, 0.3) is 0 Å². The summed E-state index contributed by atoms with van der Waals surface area (Å²) in [6.45, 7) is 6.63. The summed E-state index contributed by atoms with van der Waals surface area (Å²) >= 11 is 0. The predicted molar refractivity (Wildman–Crippen MR) is 97.2 cm³/mol. The molecular formula is C16H29N5O2S. The van der Waals surface area contributed by atoms with Gasteiger partial charge in [0.2, 0.25) is 0 Å². The highest BCUT2D eigenvalue weighted by molar-refractivity contribution is 7.87. The monoisotopic (exact) mass is 355 g/mol. The average molecular weight is 356 g/mol. The zero-order chi connectivity index (χ0) is 17.6. The highest BCUT2D eigenvalue weighted by atomic mass is 32.2. The van der Waals surface area contributed by atoms with E-state index in [0.29, 0.717) is 6.54 Å². The SMILES string of the molecule is CCCCN(C)S(=O)(=O)NCc1cccnc1N1CCN(C)CC1. The fourth-order valence-electron chi connectivity index (χ4n) is 2.65. The Bertz CT molecular complexity index is 615. The van der Waals surface area contributed by atoms with Gasteiger partial charge in [0, 0.05) is 58.1 Å². The van der Waals surface area contributed by atoms with Crippen LogP contribution in [0.2, 0.25) is 0 Å². The molecule has 0 spiro atoms. The van der Waals surface area contributed by atoms with Gasteiger partial charge in [0.15, 0.2) is 0 Å². The van der Waals surface area contributed by atoms with E-state index in [9.17, 15) is 8.42 Å². The average Bonchev–Trinajstić information content (AvgIpc) is 2.59. The molecule has 1 saturated heterocycles. The standard InChI is InChI=1S/C16H29N5O2S/c1-4-5-9-20(3)24(22,23)18-14-15-7-6-8-17-16(15)21-12-10-19(2)11-13-21/h6-8,18H,4-5,9-14H2,1-3H3. The van der Waals surface area contributed by atoms with Crippen molar-refractivity contribution in [2.45, 2.75) is 26.3 Å². The Kier molecular flexibility index (Phi) is 6.97. The first kappa shape index (κ1) is 19.1. The lowest BCUT2D eigenvalue weighted by atomic mass is 10.2. The zero-order valence-electron chi connectivity index (χ0n) is 14.9. The highest BCUT2D eigenvalue weighted by Gasteiger charge is 2.20. The highest BCUT2D eigenvalue weighted by Crippen LogP contribution is 2.19. The molecule has 0 bridgehead atoms. The number of nitrogens with zero attached hydrogens (tertiary/aromatic N) is 4. The molecule has 0 aromatic carbocycles. The summed E-state index contributed by atoms with van der Waals surface area (Å²) in [5.74, 6) is 0.879. The minimum atomic E-state index is -3.46. The molecule has 0 amide bonds. The molecule has 1 fully saturated rings. The van der Waals surface area contributed by atoms with Crippen molar-refractivity contribution in [3.05, 3.63) is 23.9 Å². The summed E-state index contributed by atoms with van der Waals surface area (Å²) < 4.78 is 28.7. The largest absolute Gasteiger partial charge is 0.354 e. The van der Waals surface area contributed by atoms with Crippen LogP contribution in [0.15, 0.2) is 18.3 Å². The summed E-state index contributed by atoms with van der Waals surface area (Å²) in [6.07, 6.45) is 3.59. The van der Waals surface area contributed by atoms with Crippen LogP contribution in [0.1, 0.15) is 25.3 Å². The lowest BCUT2D eigenvalue weighted by molar-refractivity contribution is 0.312. The molecule has 136 valence electrons. The van der Waals surface area contributed by atoms with Crippen molar-refractivity contribution < 1.29 is 8.42 Å². The molecule has 2 rings (SSSR count). The topological polar surface area (TPSA) is 68.8 Å². The van der Waals surface area contributed by atoms with Crippen LogP contribution < -0.4 is 9.62 Å². The van der Waals surface area contributed by atoms with Crippen LogP contribution in [-0.2, 0) is 16.8 Å². The number of hydrogen-bond donors (Lipinski definition) is 1. The van der Waals surface area contributed by atoms with Crippen LogP contribution >= 0.6 is 0 Å². The van der Waals surface area contributed by atoms with Crippen molar-refractivity contribution in [1.82, 2.24) is 18.9 Å². The summed E-state index contributed by atoms with van der Waals surface area (Å²) in [5.41, 5.74) is 0.912. The molecule has 0 unspecified atom stereocenters. The fourth-order valence-corrected chi connectivity index (χ4v) is 3.58. The molecule has 8 heteroatoms. The van der Waals surface area contributed by atoms with Crippen molar-refractivity contribution >= 4 is 16.0 Å². The summed E-state index contributed by atoms with van der Waals surface area (Å²) in [5, 5.41) is 0. The number of piperazine rings is 1. The smallest absolute Gasteiger partial charge is 0.279 e. The first-order valence-electron chi connectivity index (χ1n) is 8.52. The third-order valence-corrected chi connectivity index (χ3v) is 5.86. The molecule has 1 aromatic rings. The molecule has 0 atom stereocenters. The van der Waals surface area contributed by atoms with Crippen LogP contribution in [-0.4, -0.2) is 69.4 Å². The Morgan fingerprint density at radius 2 is 2.00 bits per heavy atom. The minimum Gasteiger partial charge on any atom is -0.354 e. The molecule has 7 nitrogen and oxygen atoms in total. The van der Waals surface area contributed by atoms with Gasteiger partial charge in [0.05, 0.1) is 0 Å². The van der Waals surface area contributed by atoms with Gasteiger partial charge in [0.25, 0.3) is 10.2 Å². The maximum absolute atomic E-state index is 12.3. The summed E-state index contributed by atoms with van der Waals surface area (Å²) in [7, 11) is 0.264. The molecule has 0 radical (unpaired) electrons. The predicted octanol–water partition coefficient (Wildman–Crippen LogP) is 0.900. The summed E-state index contributed by atoms with van der Waals surface area (Å²) in [4.78, 5) is 8.99. The van der Waals surface area contributed by atoms with Crippen LogP contribution in [0, 0.1) is 0 Å². The van der Waals surface area contributed by atoms with E-state index in [1.807, 2.05) is 19.1 Å². The number of nitrogens with one attached hydrogen (secondary N) is 1. The number of hydrogen-bond acceptors (Lipinski definition) is 5. The maximum atomic E-state index is 12.3. The van der Waals surface area contributed by atoms with E-state index in [-0.39, 0.29) is 6.54 Å². The zero-order valence-corrected chi connectivity index (χ0v) is 15.7. The van der Waals surface area contributed by atoms with Crippen LogP contribution in [0.5, 0.6) is 0 Å². The van der Waals surface area contributed by atoms with Crippen LogP contribution in [0.3, 0.4) is 0 Å². The van der Waals surface area contributed by atoms with Gasteiger partial charge in [-0.05, 0) is 19.5 Å². The Morgan fingerprint density at radius 1 is 1.29 bits per heavy atom. The molecule has 0 saturated carbocycles. The number of likely N-dealkylation sites (N-methyl/N-ethyl adjacent to an activating group) is 1. The minimum absolute atomic E-state index is 0.258. The Hall–Kier alpha value is -1.22. The molecular weight excluding hydrogens is 326 g/mol. The van der Waals surface area contributed by atoms with E-state index >= 15 is 0 Å². The molecule has 1 aliphatic heterocycles. The van der Waals surface area contributed by atoms with Crippen molar-refractivity contribution in [2.24, 2.45) is 0 Å². The molecule has 1 aromatic heterocycles. The molecule has 24 heavy (non-hydrogen) atoms. The van der Waals surface area contributed by atoms with Gasteiger partial charge in [-0.3, -0.25) is 0 Å². The second-order valence-electron chi connectivity index (χ2n) is 6.28. The van der Waals surface area contributed by atoms with E-state index < -0.39 is 10.2 Å². The van der Waals surface area contributed by atoms with Gasteiger partial charge in [-0.2, -0.15) is 17.4 Å². The maximum Gasteiger partial charge on any atom is 0.279 e. The Morgan fingerprint density at radius 3 is 2.67 bits per heavy atom. The van der Waals surface area contributed by atoms with Gasteiger partial charge >= 0.3 is 0 Å². The third kappa shape index (κ3) is 5.14. The van der Waals surface area contributed by atoms with E-state index in [4.69, 9.17) is 0 Å². The van der Waals surface area contributed by atoms with Crippen molar-refractivity contribution in [3.8, 4) is 0 Å². The molecule has 1 N–H and O–H groups in total. The molecule has 0 aliphatic carbocycles. The number of pyridine rings is 1. The van der Waals surface area contributed by atoms with Gasteiger partial charge in [-0.25, -0.2) is 4.98 Å². The lowest BCUT2D eigenvalue weighted by Crippen LogP contribution is -2.45. The van der Waals surface area contributed by atoms with E-state index in [1.165, 1.54) is 4.31 Å². The van der Waals surface area contributed by atoms with Crippen molar-refractivity contribution in [2.75, 3.05) is 51.7 Å². The van der Waals surface area contributed by atoms with Crippen molar-refractivity contribution in [3.63, 3.8) is 0 Å². The van der Waals surface area contributed by atoms with Gasteiger partial charge in [0.1, 0.15) is 5.82 Å². The molecule has 1 aliphatic rings. The lowest BCUT2D eigenvalue weighted by Gasteiger charge is -2.34. The quantitative estimate of drug-likeness (QED) is 0.750. The van der Waals surface area contributed by atoms with Gasteiger partial charge < -0.3 is 9.80 Å². The molecule has 2 heterocycles. The van der Waals surface area contributed by atoms with Gasteiger partial charge in [-0.1, -0.05) is 19.4 Å². The van der Waals surface area contributed by atoms with Crippen LogP contribution in [0.4, 0.5) is 5.82 Å². The van der Waals surface area contributed by atoms with Crippen molar-refractivity contribution in [1.29, 1.82) is 0 Å². The second kappa shape index (κ2) is 8.75. The first-order chi connectivity index (χ1) is 11.4. The Balaban J connectivity index is 2.02. The van der Waals surface area contributed by atoms with E-state index in [2.05, 4.69) is 26.6 Å². The number of unbranched alkanes of at least 4 members (excludes halogenated alkanes) is 1. The van der Waals surface area contributed by atoms with E-state index in [0.717, 1.165) is 50.4 Å². The third-order valence-electron chi connectivity index (χ3n) is 4.35.